The molecule has 0 atom stereocenters. The molecule has 0 unspecified atom stereocenters. The normalized spacial score (nSPS) is 15.3. The van der Waals surface area contributed by atoms with Crippen molar-refractivity contribution in [2.75, 3.05) is 6.54 Å². The Kier molecular flexibility index (Phi) is 4.11. The van der Waals surface area contributed by atoms with E-state index in [2.05, 4.69) is 5.32 Å². The van der Waals surface area contributed by atoms with Crippen LogP contribution in [0.25, 0.3) is 0 Å². The summed E-state index contributed by atoms with van der Waals surface area (Å²) in [5, 5.41) is 12.0. The molecule has 1 aromatic rings. The minimum atomic E-state index is -0.333. The van der Waals surface area contributed by atoms with Crippen LogP contribution in [0.1, 0.15) is 36.8 Å². The topological polar surface area (TPSA) is 35.8 Å². The van der Waals surface area contributed by atoms with Crippen LogP contribution in [-0.4, -0.2) is 6.54 Å². The van der Waals surface area contributed by atoms with Crippen LogP contribution in [0, 0.1) is 23.1 Å². The number of hydrogen-bond acceptors (Lipinski definition) is 2. The molecule has 1 aliphatic rings. The molecule has 0 aliphatic heterocycles. The fourth-order valence-corrected chi connectivity index (χ4v) is 2.14. The summed E-state index contributed by atoms with van der Waals surface area (Å²) in [4.78, 5) is 0. The van der Waals surface area contributed by atoms with Gasteiger partial charge in [-0.3, -0.25) is 0 Å². The second-order valence-electron chi connectivity index (χ2n) is 4.72. The van der Waals surface area contributed by atoms with E-state index in [1.54, 1.807) is 6.07 Å². The summed E-state index contributed by atoms with van der Waals surface area (Å²) >= 11 is 0. The summed E-state index contributed by atoms with van der Waals surface area (Å²) in [6, 6.07) is 6.45. The Hall–Kier alpha value is -1.40. The van der Waals surface area contributed by atoms with Crippen molar-refractivity contribution in [2.24, 2.45) is 5.92 Å². The Bertz CT molecular complexity index is 419. The van der Waals surface area contributed by atoms with Gasteiger partial charge in [0.2, 0.25) is 0 Å². The first kappa shape index (κ1) is 12.1. The molecule has 90 valence electrons. The van der Waals surface area contributed by atoms with Gasteiger partial charge in [0.15, 0.2) is 0 Å². The van der Waals surface area contributed by atoms with Crippen molar-refractivity contribution >= 4 is 0 Å². The lowest BCUT2D eigenvalue weighted by atomic mass is 9.83. The standard InChI is InChI=1S/C14H17FN2/c15-14-7-12(9-16)6-13(8-14)10-17-5-4-11-2-1-3-11/h6-8,11,17H,1-5,10H2. The van der Waals surface area contributed by atoms with Crippen molar-refractivity contribution in [3.05, 3.63) is 35.1 Å². The minimum absolute atomic E-state index is 0.333. The van der Waals surface area contributed by atoms with Crippen LogP contribution in [0.15, 0.2) is 18.2 Å². The average molecular weight is 232 g/mol. The van der Waals surface area contributed by atoms with E-state index < -0.39 is 0 Å². The molecule has 0 saturated heterocycles. The third kappa shape index (κ3) is 3.54. The number of nitrogens with zero attached hydrogens (tertiary/aromatic N) is 1. The smallest absolute Gasteiger partial charge is 0.124 e. The Morgan fingerprint density at radius 2 is 2.18 bits per heavy atom. The molecule has 0 spiro atoms. The van der Waals surface area contributed by atoms with E-state index in [4.69, 9.17) is 5.26 Å². The number of nitriles is 1. The van der Waals surface area contributed by atoms with Gasteiger partial charge in [-0.05, 0) is 42.6 Å². The molecule has 1 aromatic carbocycles. The third-order valence-electron chi connectivity index (χ3n) is 3.37. The Morgan fingerprint density at radius 3 is 2.82 bits per heavy atom. The van der Waals surface area contributed by atoms with E-state index in [9.17, 15) is 4.39 Å². The summed E-state index contributed by atoms with van der Waals surface area (Å²) in [5.74, 6) is 0.560. The quantitative estimate of drug-likeness (QED) is 0.792. The molecule has 1 fully saturated rings. The van der Waals surface area contributed by atoms with Gasteiger partial charge >= 0.3 is 0 Å². The lowest BCUT2D eigenvalue weighted by Crippen LogP contribution is -2.21. The highest BCUT2D eigenvalue weighted by Crippen LogP contribution is 2.28. The van der Waals surface area contributed by atoms with Gasteiger partial charge in [-0.15, -0.1) is 0 Å². The Balaban J connectivity index is 1.77. The second kappa shape index (κ2) is 5.79. The lowest BCUT2D eigenvalue weighted by molar-refractivity contribution is 0.292. The van der Waals surface area contributed by atoms with Crippen molar-refractivity contribution < 1.29 is 4.39 Å². The fourth-order valence-electron chi connectivity index (χ4n) is 2.14. The van der Waals surface area contributed by atoms with E-state index in [1.165, 1.54) is 37.8 Å². The van der Waals surface area contributed by atoms with Crippen LogP contribution in [0.4, 0.5) is 4.39 Å². The lowest BCUT2D eigenvalue weighted by Gasteiger charge is -2.25. The molecule has 0 bridgehead atoms. The van der Waals surface area contributed by atoms with Gasteiger partial charge in [-0.25, -0.2) is 4.39 Å². The Morgan fingerprint density at radius 1 is 1.35 bits per heavy atom. The van der Waals surface area contributed by atoms with E-state index in [1.807, 2.05) is 6.07 Å². The zero-order valence-electron chi connectivity index (χ0n) is 9.88. The molecule has 0 amide bonds. The molecule has 3 heteroatoms. The van der Waals surface area contributed by atoms with Crippen LogP contribution in [0.2, 0.25) is 0 Å². The van der Waals surface area contributed by atoms with E-state index >= 15 is 0 Å². The molecule has 2 rings (SSSR count). The fraction of sp³-hybridized carbons (Fsp3) is 0.500. The van der Waals surface area contributed by atoms with Crippen molar-refractivity contribution in [2.45, 2.75) is 32.2 Å². The maximum Gasteiger partial charge on any atom is 0.124 e. The van der Waals surface area contributed by atoms with Gasteiger partial charge in [-0.1, -0.05) is 19.3 Å². The van der Waals surface area contributed by atoms with Crippen LogP contribution in [0.3, 0.4) is 0 Å². The highest BCUT2D eigenvalue weighted by Gasteiger charge is 2.16. The second-order valence-corrected chi connectivity index (χ2v) is 4.72. The molecule has 0 radical (unpaired) electrons. The highest BCUT2D eigenvalue weighted by molar-refractivity contribution is 5.33. The number of benzene rings is 1. The molecule has 0 aromatic heterocycles. The van der Waals surface area contributed by atoms with Crippen molar-refractivity contribution in [3.63, 3.8) is 0 Å². The molecule has 0 heterocycles. The van der Waals surface area contributed by atoms with Gasteiger partial charge in [0.1, 0.15) is 5.82 Å². The molecule has 2 nitrogen and oxygen atoms in total. The number of halogens is 1. The van der Waals surface area contributed by atoms with E-state index in [0.29, 0.717) is 12.1 Å². The van der Waals surface area contributed by atoms with Crippen molar-refractivity contribution in [3.8, 4) is 6.07 Å². The first-order chi connectivity index (χ1) is 8.28. The van der Waals surface area contributed by atoms with Crippen molar-refractivity contribution in [1.82, 2.24) is 5.32 Å². The summed E-state index contributed by atoms with van der Waals surface area (Å²) in [6.07, 6.45) is 5.31. The van der Waals surface area contributed by atoms with E-state index in [-0.39, 0.29) is 5.82 Å². The predicted octanol–water partition coefficient (Wildman–Crippen LogP) is 2.98. The zero-order chi connectivity index (χ0) is 12.1. The van der Waals surface area contributed by atoms with Gasteiger partial charge in [0.05, 0.1) is 11.6 Å². The number of rotatable bonds is 5. The largest absolute Gasteiger partial charge is 0.313 e. The van der Waals surface area contributed by atoms with E-state index in [0.717, 1.165) is 18.0 Å². The number of nitrogens with one attached hydrogen (secondary N) is 1. The summed E-state index contributed by atoms with van der Waals surface area (Å²) in [6.45, 7) is 1.61. The van der Waals surface area contributed by atoms with Crippen LogP contribution < -0.4 is 5.32 Å². The molecule has 1 N–H and O–H groups in total. The van der Waals surface area contributed by atoms with Crippen molar-refractivity contribution in [1.29, 1.82) is 5.26 Å². The summed E-state index contributed by atoms with van der Waals surface area (Å²) < 4.78 is 13.1. The van der Waals surface area contributed by atoms with Gasteiger partial charge in [0, 0.05) is 6.54 Å². The van der Waals surface area contributed by atoms with Crippen LogP contribution in [-0.2, 0) is 6.54 Å². The average Bonchev–Trinajstić information content (AvgIpc) is 2.25. The molecule has 1 aliphatic carbocycles. The first-order valence-corrected chi connectivity index (χ1v) is 6.18. The maximum atomic E-state index is 13.1. The summed E-state index contributed by atoms with van der Waals surface area (Å²) in [5.41, 5.74) is 1.23. The SMILES string of the molecule is N#Cc1cc(F)cc(CNCCC2CCC2)c1. The van der Waals surface area contributed by atoms with Gasteiger partial charge in [0.25, 0.3) is 0 Å². The third-order valence-corrected chi connectivity index (χ3v) is 3.37. The highest BCUT2D eigenvalue weighted by atomic mass is 19.1. The van der Waals surface area contributed by atoms with Gasteiger partial charge < -0.3 is 5.32 Å². The number of hydrogen-bond donors (Lipinski definition) is 1. The molecule has 1 saturated carbocycles. The Labute approximate surface area is 101 Å². The predicted molar refractivity (Wildman–Crippen MR) is 64.8 cm³/mol. The first-order valence-electron chi connectivity index (χ1n) is 6.18. The summed E-state index contributed by atoms with van der Waals surface area (Å²) in [7, 11) is 0. The van der Waals surface area contributed by atoms with Crippen LogP contribution >= 0.6 is 0 Å². The molecule has 17 heavy (non-hydrogen) atoms. The maximum absolute atomic E-state index is 13.1. The monoisotopic (exact) mass is 232 g/mol. The molecular weight excluding hydrogens is 215 g/mol. The van der Waals surface area contributed by atoms with Gasteiger partial charge in [-0.2, -0.15) is 5.26 Å². The minimum Gasteiger partial charge on any atom is -0.313 e. The zero-order valence-corrected chi connectivity index (χ0v) is 9.88. The molecular formula is C14H17FN2. The van der Waals surface area contributed by atoms with Crippen LogP contribution in [0.5, 0.6) is 0 Å².